The molecule has 4 rings (SSSR count). The Balaban J connectivity index is 1.55. The van der Waals surface area contributed by atoms with Crippen LogP contribution in [0.25, 0.3) is 11.1 Å². The molecule has 164 valence electrons. The maximum Gasteiger partial charge on any atom is 0.270 e. The van der Waals surface area contributed by atoms with Gasteiger partial charge in [0.25, 0.3) is 11.6 Å². The van der Waals surface area contributed by atoms with Gasteiger partial charge in [0.15, 0.2) is 17.6 Å². The van der Waals surface area contributed by atoms with E-state index in [1.807, 2.05) is 0 Å². The van der Waals surface area contributed by atoms with E-state index in [9.17, 15) is 14.9 Å². The van der Waals surface area contributed by atoms with Gasteiger partial charge in [-0.15, -0.1) is 0 Å². The van der Waals surface area contributed by atoms with Gasteiger partial charge >= 0.3 is 0 Å². The summed E-state index contributed by atoms with van der Waals surface area (Å²) in [6, 6.07) is 16.3. The van der Waals surface area contributed by atoms with E-state index in [1.165, 1.54) is 18.2 Å². The minimum absolute atomic E-state index is 0.0827. The predicted molar refractivity (Wildman–Crippen MR) is 116 cm³/mol. The van der Waals surface area contributed by atoms with Gasteiger partial charge in [0.05, 0.1) is 12.0 Å². The van der Waals surface area contributed by atoms with Crippen molar-refractivity contribution in [2.45, 2.75) is 13.0 Å². The van der Waals surface area contributed by atoms with Gasteiger partial charge in [-0.05, 0) is 42.8 Å². The van der Waals surface area contributed by atoms with E-state index in [1.54, 1.807) is 56.5 Å². The lowest BCUT2D eigenvalue weighted by Gasteiger charge is -2.18. The van der Waals surface area contributed by atoms with Crippen LogP contribution in [0.5, 0.6) is 23.0 Å². The first kappa shape index (κ1) is 21.0. The van der Waals surface area contributed by atoms with Crippen LogP contribution in [0.4, 0.5) is 11.4 Å². The summed E-state index contributed by atoms with van der Waals surface area (Å²) >= 11 is 0. The summed E-state index contributed by atoms with van der Waals surface area (Å²) in [6.45, 7) is 1.74. The Morgan fingerprint density at radius 1 is 1.06 bits per heavy atom. The van der Waals surface area contributed by atoms with Gasteiger partial charge in [0, 0.05) is 29.4 Å². The Hall–Kier alpha value is -4.27. The summed E-state index contributed by atoms with van der Waals surface area (Å²) in [6.07, 6.45) is -0.876. The first-order valence-electron chi connectivity index (χ1n) is 9.74. The van der Waals surface area contributed by atoms with Crippen LogP contribution in [0, 0.1) is 10.1 Å². The lowest BCUT2D eigenvalue weighted by Crippen LogP contribution is -2.30. The van der Waals surface area contributed by atoms with Crippen LogP contribution in [0.3, 0.4) is 0 Å². The summed E-state index contributed by atoms with van der Waals surface area (Å²) in [4.78, 5) is 23.5. The van der Waals surface area contributed by atoms with Gasteiger partial charge in [-0.25, -0.2) is 0 Å². The highest BCUT2D eigenvalue weighted by Crippen LogP contribution is 2.36. The minimum Gasteiger partial charge on any atom is -0.497 e. The average Bonchev–Trinajstić information content (AvgIpc) is 3.27. The highest BCUT2D eigenvalue weighted by Gasteiger charge is 2.21. The third-order valence-electron chi connectivity index (χ3n) is 4.89. The Morgan fingerprint density at radius 2 is 1.81 bits per heavy atom. The first-order valence-corrected chi connectivity index (χ1v) is 9.74. The number of anilines is 1. The number of fused-ring (bicyclic) bond motifs is 1. The molecule has 0 spiro atoms. The number of nitrogens with one attached hydrogen (secondary N) is 1. The normalized spacial score (nSPS) is 12.7. The number of methoxy groups -OCH3 is 1. The van der Waals surface area contributed by atoms with Crippen molar-refractivity contribution in [1.82, 2.24) is 0 Å². The molecular weight excluding hydrogens is 416 g/mol. The number of rotatable bonds is 7. The molecule has 1 amide bonds. The van der Waals surface area contributed by atoms with Crippen LogP contribution < -0.4 is 24.3 Å². The molecule has 0 fully saturated rings. The first-order chi connectivity index (χ1) is 15.4. The summed E-state index contributed by atoms with van der Waals surface area (Å²) in [5.74, 6) is 1.77. The smallest absolute Gasteiger partial charge is 0.270 e. The summed E-state index contributed by atoms with van der Waals surface area (Å²) < 4.78 is 21.6. The Kier molecular flexibility index (Phi) is 5.80. The Bertz CT molecular complexity index is 1160. The van der Waals surface area contributed by atoms with E-state index in [-0.39, 0.29) is 18.4 Å². The Labute approximate surface area is 183 Å². The number of nitro groups is 1. The number of carbonyl (C=O) groups excluding carboxylic acids is 1. The molecule has 0 radical (unpaired) electrons. The van der Waals surface area contributed by atoms with Crippen LogP contribution >= 0.6 is 0 Å². The number of carbonyl (C=O) groups is 1. The van der Waals surface area contributed by atoms with E-state index in [0.717, 1.165) is 0 Å². The summed E-state index contributed by atoms with van der Waals surface area (Å²) in [7, 11) is 1.55. The number of hydrogen-bond acceptors (Lipinski definition) is 7. The maximum atomic E-state index is 12.7. The van der Waals surface area contributed by atoms with Crippen molar-refractivity contribution < 1.29 is 28.7 Å². The molecule has 1 aliphatic rings. The van der Waals surface area contributed by atoms with Crippen LogP contribution in [-0.2, 0) is 4.79 Å². The number of amides is 1. The zero-order valence-corrected chi connectivity index (χ0v) is 17.4. The zero-order valence-electron chi connectivity index (χ0n) is 17.4. The molecule has 9 nitrogen and oxygen atoms in total. The average molecular weight is 436 g/mol. The second kappa shape index (κ2) is 8.84. The predicted octanol–water partition coefficient (Wildman–Crippen LogP) is 4.41. The van der Waals surface area contributed by atoms with Crippen molar-refractivity contribution in [3.63, 3.8) is 0 Å². The SMILES string of the molecule is COc1ccc(-c2cc([N+](=O)[O-])ccc2OC(C)C(=O)Nc2ccc3c(c2)OCO3)cc1. The van der Waals surface area contributed by atoms with Gasteiger partial charge in [0.2, 0.25) is 6.79 Å². The van der Waals surface area contributed by atoms with E-state index in [2.05, 4.69) is 5.32 Å². The number of ether oxygens (including phenoxy) is 4. The van der Waals surface area contributed by atoms with E-state index < -0.39 is 11.0 Å². The van der Waals surface area contributed by atoms with Crippen molar-refractivity contribution in [1.29, 1.82) is 0 Å². The molecule has 32 heavy (non-hydrogen) atoms. The van der Waals surface area contributed by atoms with Crippen molar-refractivity contribution in [2.24, 2.45) is 0 Å². The fourth-order valence-electron chi connectivity index (χ4n) is 3.19. The number of non-ortho nitro benzene ring substituents is 1. The van der Waals surface area contributed by atoms with Crippen LogP contribution in [0.1, 0.15) is 6.92 Å². The third kappa shape index (κ3) is 4.41. The standard InChI is InChI=1S/C23H20N2O7/c1-14(23(26)24-16-5-9-21-22(11-16)31-13-30-21)32-20-10-6-17(25(27)28)12-19(20)15-3-7-18(29-2)8-4-15/h3-12,14H,13H2,1-2H3,(H,24,26). The molecule has 0 saturated heterocycles. The van der Waals surface area contributed by atoms with E-state index in [4.69, 9.17) is 18.9 Å². The molecular formula is C23H20N2O7. The van der Waals surface area contributed by atoms with Gasteiger partial charge in [-0.2, -0.15) is 0 Å². The summed E-state index contributed by atoms with van der Waals surface area (Å²) in [5.41, 5.74) is 1.63. The second-order valence-corrected chi connectivity index (χ2v) is 6.98. The van der Waals surface area contributed by atoms with E-state index in [0.29, 0.717) is 39.8 Å². The molecule has 0 bridgehead atoms. The molecule has 1 N–H and O–H groups in total. The molecule has 1 unspecified atom stereocenters. The van der Waals surface area contributed by atoms with Crippen LogP contribution in [0.15, 0.2) is 60.7 Å². The lowest BCUT2D eigenvalue weighted by molar-refractivity contribution is -0.384. The fourth-order valence-corrected chi connectivity index (χ4v) is 3.19. The maximum absolute atomic E-state index is 12.7. The second-order valence-electron chi connectivity index (χ2n) is 6.98. The van der Waals surface area contributed by atoms with E-state index >= 15 is 0 Å². The van der Waals surface area contributed by atoms with Gasteiger partial charge in [-0.1, -0.05) is 12.1 Å². The molecule has 1 aliphatic heterocycles. The molecule has 1 heterocycles. The number of benzene rings is 3. The largest absolute Gasteiger partial charge is 0.497 e. The van der Waals surface area contributed by atoms with Crippen LogP contribution in [-0.4, -0.2) is 30.8 Å². The highest BCUT2D eigenvalue weighted by atomic mass is 16.7. The van der Waals surface area contributed by atoms with Gasteiger partial charge in [0.1, 0.15) is 11.5 Å². The monoisotopic (exact) mass is 436 g/mol. The highest BCUT2D eigenvalue weighted by molar-refractivity contribution is 5.94. The minimum atomic E-state index is -0.876. The van der Waals surface area contributed by atoms with Gasteiger partial charge < -0.3 is 24.3 Å². The number of hydrogen-bond donors (Lipinski definition) is 1. The molecule has 0 saturated carbocycles. The molecule has 3 aromatic carbocycles. The molecule has 1 atom stereocenters. The van der Waals surface area contributed by atoms with Crippen molar-refractivity contribution >= 4 is 17.3 Å². The zero-order chi connectivity index (χ0) is 22.7. The molecule has 0 aliphatic carbocycles. The quantitative estimate of drug-likeness (QED) is 0.432. The topological polar surface area (TPSA) is 109 Å². The van der Waals surface area contributed by atoms with Gasteiger partial charge in [-0.3, -0.25) is 14.9 Å². The fraction of sp³-hybridized carbons (Fsp3) is 0.174. The van der Waals surface area contributed by atoms with Crippen molar-refractivity contribution in [3.05, 3.63) is 70.8 Å². The van der Waals surface area contributed by atoms with Crippen LogP contribution in [0.2, 0.25) is 0 Å². The third-order valence-corrected chi connectivity index (χ3v) is 4.89. The van der Waals surface area contributed by atoms with Crippen molar-refractivity contribution in [3.8, 4) is 34.1 Å². The molecule has 9 heteroatoms. The lowest BCUT2D eigenvalue weighted by atomic mass is 10.0. The number of nitrogens with zero attached hydrogens (tertiary/aromatic N) is 1. The Morgan fingerprint density at radius 3 is 2.53 bits per heavy atom. The number of nitro benzene ring substituents is 1. The summed E-state index contributed by atoms with van der Waals surface area (Å²) in [5, 5.41) is 14.0. The van der Waals surface area contributed by atoms with Crippen molar-refractivity contribution in [2.75, 3.05) is 19.2 Å². The molecule has 0 aromatic heterocycles. The molecule has 3 aromatic rings.